The fourth-order valence-electron chi connectivity index (χ4n) is 2.25. The van der Waals surface area contributed by atoms with Crippen LogP contribution in [0.2, 0.25) is 0 Å². The van der Waals surface area contributed by atoms with Crippen LogP contribution in [0.5, 0.6) is 0 Å². The fraction of sp³-hybridized carbons (Fsp3) is 0.636. The Hall–Kier alpha value is -1.50. The van der Waals surface area contributed by atoms with Gasteiger partial charge in [0.2, 0.25) is 5.82 Å². The van der Waals surface area contributed by atoms with Crippen LogP contribution in [0, 0.1) is 0 Å². The van der Waals surface area contributed by atoms with Gasteiger partial charge in [-0.05, 0) is 18.1 Å². The second-order valence-corrected chi connectivity index (χ2v) is 5.64. The molecule has 1 aliphatic rings. The van der Waals surface area contributed by atoms with Crippen molar-refractivity contribution in [2.45, 2.75) is 38.1 Å². The number of rotatable bonds is 3. The van der Waals surface area contributed by atoms with Crippen molar-refractivity contribution in [1.29, 1.82) is 0 Å². The molecule has 0 bridgehead atoms. The molecule has 1 aliphatic carbocycles. The van der Waals surface area contributed by atoms with Crippen molar-refractivity contribution in [3.8, 4) is 10.7 Å². The maximum absolute atomic E-state index is 4.39. The standard InChI is InChI=1S/C11H16N6S/c1-17-15-10(14-16-17)9-7-12-11(18-9)13-8-5-3-2-4-6-8/h7-8H,2-6H2,1H3,(H,12,13). The van der Waals surface area contributed by atoms with Crippen LogP contribution in [-0.4, -0.2) is 31.2 Å². The number of tetrazole rings is 1. The smallest absolute Gasteiger partial charge is 0.216 e. The number of hydrogen-bond acceptors (Lipinski definition) is 6. The van der Waals surface area contributed by atoms with E-state index in [1.165, 1.54) is 36.9 Å². The molecule has 96 valence electrons. The first-order valence-corrected chi connectivity index (χ1v) is 7.09. The minimum absolute atomic E-state index is 0.576. The van der Waals surface area contributed by atoms with E-state index >= 15 is 0 Å². The molecule has 0 aromatic carbocycles. The fourth-order valence-corrected chi connectivity index (χ4v) is 3.07. The predicted molar refractivity (Wildman–Crippen MR) is 70.4 cm³/mol. The van der Waals surface area contributed by atoms with E-state index in [9.17, 15) is 0 Å². The molecule has 0 spiro atoms. The highest BCUT2D eigenvalue weighted by Gasteiger charge is 2.15. The summed E-state index contributed by atoms with van der Waals surface area (Å²) in [5.41, 5.74) is 0. The SMILES string of the molecule is Cn1nnc(-c2cnc(NC3CCCCC3)s2)n1. The molecule has 0 unspecified atom stereocenters. The number of hydrogen-bond donors (Lipinski definition) is 1. The van der Waals surface area contributed by atoms with E-state index in [4.69, 9.17) is 0 Å². The van der Waals surface area contributed by atoms with Gasteiger partial charge < -0.3 is 5.32 Å². The van der Waals surface area contributed by atoms with Crippen LogP contribution in [0.25, 0.3) is 10.7 Å². The molecular weight excluding hydrogens is 248 g/mol. The van der Waals surface area contributed by atoms with Gasteiger partial charge in [0.1, 0.15) is 0 Å². The van der Waals surface area contributed by atoms with Crippen molar-refractivity contribution >= 4 is 16.5 Å². The van der Waals surface area contributed by atoms with Crippen LogP contribution in [0.4, 0.5) is 5.13 Å². The average Bonchev–Trinajstić information content (AvgIpc) is 2.99. The summed E-state index contributed by atoms with van der Waals surface area (Å²) in [6.45, 7) is 0. The lowest BCUT2D eigenvalue weighted by molar-refractivity contribution is 0.462. The van der Waals surface area contributed by atoms with Gasteiger partial charge in [-0.1, -0.05) is 30.6 Å². The summed E-state index contributed by atoms with van der Waals surface area (Å²) in [5, 5.41) is 16.5. The van der Waals surface area contributed by atoms with Crippen molar-refractivity contribution in [2.75, 3.05) is 5.32 Å². The number of nitrogens with one attached hydrogen (secondary N) is 1. The van der Waals surface area contributed by atoms with Gasteiger partial charge in [-0.25, -0.2) is 4.98 Å². The van der Waals surface area contributed by atoms with Gasteiger partial charge >= 0.3 is 0 Å². The molecule has 6 nitrogen and oxygen atoms in total. The zero-order chi connectivity index (χ0) is 12.4. The van der Waals surface area contributed by atoms with Crippen molar-refractivity contribution in [3.63, 3.8) is 0 Å². The largest absolute Gasteiger partial charge is 0.359 e. The van der Waals surface area contributed by atoms with Crippen LogP contribution in [0.1, 0.15) is 32.1 Å². The first-order valence-electron chi connectivity index (χ1n) is 6.28. The quantitative estimate of drug-likeness (QED) is 0.919. The Morgan fingerprint density at radius 1 is 1.33 bits per heavy atom. The minimum Gasteiger partial charge on any atom is -0.359 e. The second-order valence-electron chi connectivity index (χ2n) is 4.61. The van der Waals surface area contributed by atoms with E-state index in [1.807, 2.05) is 6.20 Å². The van der Waals surface area contributed by atoms with Crippen LogP contribution >= 0.6 is 11.3 Å². The normalized spacial score (nSPS) is 16.9. The maximum atomic E-state index is 4.39. The van der Waals surface area contributed by atoms with Crippen molar-refractivity contribution in [3.05, 3.63) is 6.20 Å². The number of aryl methyl sites for hydroxylation is 1. The van der Waals surface area contributed by atoms with Gasteiger partial charge in [0.05, 0.1) is 18.1 Å². The molecule has 1 fully saturated rings. The van der Waals surface area contributed by atoms with Gasteiger partial charge in [0.15, 0.2) is 5.13 Å². The number of anilines is 1. The Labute approximate surface area is 109 Å². The third-order valence-corrected chi connectivity index (χ3v) is 4.09. The second kappa shape index (κ2) is 5.01. The van der Waals surface area contributed by atoms with Crippen LogP contribution < -0.4 is 5.32 Å². The Kier molecular flexibility index (Phi) is 3.22. The number of aromatic nitrogens is 5. The highest BCUT2D eigenvalue weighted by Crippen LogP contribution is 2.28. The summed E-state index contributed by atoms with van der Waals surface area (Å²) in [6, 6.07) is 0.576. The third kappa shape index (κ3) is 2.50. The van der Waals surface area contributed by atoms with E-state index in [0.29, 0.717) is 11.9 Å². The molecule has 2 aromatic heterocycles. The molecular formula is C11H16N6S. The van der Waals surface area contributed by atoms with Gasteiger partial charge in [-0.2, -0.15) is 4.80 Å². The highest BCUT2D eigenvalue weighted by atomic mass is 32.1. The van der Waals surface area contributed by atoms with Crippen molar-refractivity contribution < 1.29 is 0 Å². The van der Waals surface area contributed by atoms with Crippen LogP contribution in [0.3, 0.4) is 0 Å². The van der Waals surface area contributed by atoms with Gasteiger partial charge in [0, 0.05) is 6.04 Å². The van der Waals surface area contributed by atoms with Gasteiger partial charge in [0.25, 0.3) is 0 Å². The molecule has 1 saturated carbocycles. The number of thiazole rings is 1. The zero-order valence-corrected chi connectivity index (χ0v) is 11.2. The summed E-state index contributed by atoms with van der Waals surface area (Å²) < 4.78 is 0. The summed E-state index contributed by atoms with van der Waals surface area (Å²) in [6.07, 6.45) is 8.32. The topological polar surface area (TPSA) is 68.5 Å². The van der Waals surface area contributed by atoms with Crippen LogP contribution in [-0.2, 0) is 7.05 Å². The molecule has 1 N–H and O–H groups in total. The van der Waals surface area contributed by atoms with E-state index in [0.717, 1.165) is 10.0 Å². The lowest BCUT2D eigenvalue weighted by Gasteiger charge is -2.22. The summed E-state index contributed by atoms with van der Waals surface area (Å²) in [7, 11) is 1.76. The monoisotopic (exact) mass is 264 g/mol. The van der Waals surface area contributed by atoms with E-state index in [1.54, 1.807) is 18.4 Å². The first kappa shape index (κ1) is 11.6. The first-order chi connectivity index (χ1) is 8.81. The van der Waals surface area contributed by atoms with Crippen LogP contribution in [0.15, 0.2) is 6.20 Å². The Morgan fingerprint density at radius 2 is 2.17 bits per heavy atom. The Morgan fingerprint density at radius 3 is 2.89 bits per heavy atom. The molecule has 2 heterocycles. The van der Waals surface area contributed by atoms with Crippen molar-refractivity contribution in [2.24, 2.45) is 7.05 Å². The minimum atomic E-state index is 0.576. The lowest BCUT2D eigenvalue weighted by atomic mass is 9.96. The van der Waals surface area contributed by atoms with Gasteiger partial charge in [-0.3, -0.25) is 0 Å². The molecule has 7 heteroatoms. The van der Waals surface area contributed by atoms with E-state index in [2.05, 4.69) is 25.7 Å². The molecule has 3 rings (SSSR count). The van der Waals surface area contributed by atoms with Crippen molar-refractivity contribution in [1.82, 2.24) is 25.2 Å². The van der Waals surface area contributed by atoms with E-state index in [-0.39, 0.29) is 0 Å². The summed E-state index contributed by atoms with van der Waals surface area (Å²) in [5.74, 6) is 0.645. The van der Waals surface area contributed by atoms with Gasteiger partial charge in [-0.15, -0.1) is 10.2 Å². The molecule has 0 atom stereocenters. The zero-order valence-electron chi connectivity index (χ0n) is 10.3. The third-order valence-electron chi connectivity index (χ3n) is 3.17. The Bertz CT molecular complexity index is 513. The predicted octanol–water partition coefficient (Wildman–Crippen LogP) is 2.08. The molecule has 0 aliphatic heterocycles. The molecule has 0 amide bonds. The van der Waals surface area contributed by atoms with E-state index < -0.39 is 0 Å². The average molecular weight is 264 g/mol. The summed E-state index contributed by atoms with van der Waals surface area (Å²) in [4.78, 5) is 6.81. The summed E-state index contributed by atoms with van der Waals surface area (Å²) >= 11 is 1.59. The lowest BCUT2D eigenvalue weighted by Crippen LogP contribution is -2.21. The molecule has 18 heavy (non-hydrogen) atoms. The highest BCUT2D eigenvalue weighted by molar-refractivity contribution is 7.18. The molecule has 0 radical (unpaired) electrons. The molecule has 0 saturated heterocycles. The molecule has 2 aromatic rings. The number of nitrogens with zero attached hydrogens (tertiary/aromatic N) is 5. The Balaban J connectivity index is 1.69. The maximum Gasteiger partial charge on any atom is 0.216 e.